The summed E-state index contributed by atoms with van der Waals surface area (Å²) in [5.74, 6) is 0. The second-order valence-electron chi connectivity index (χ2n) is 3.88. The van der Waals surface area contributed by atoms with E-state index < -0.39 is 0 Å². The molecule has 0 aromatic heterocycles. The molecule has 1 N–H and O–H groups in total. The molecule has 1 saturated heterocycles. The lowest BCUT2D eigenvalue weighted by molar-refractivity contribution is 0.323. The Balaban J connectivity index is 1.94. The van der Waals surface area contributed by atoms with Gasteiger partial charge >= 0.3 is 0 Å². The number of hydrogen-bond acceptors (Lipinski definition) is 2. The Morgan fingerprint density at radius 1 is 1.33 bits per heavy atom. The van der Waals surface area contributed by atoms with Crippen LogP contribution >= 0.6 is 0 Å². The van der Waals surface area contributed by atoms with E-state index in [0.717, 1.165) is 0 Å². The van der Waals surface area contributed by atoms with Crippen molar-refractivity contribution >= 4 is 0 Å². The zero-order valence-electron chi connectivity index (χ0n) is 8.47. The van der Waals surface area contributed by atoms with Crippen molar-refractivity contribution in [2.75, 3.05) is 26.7 Å². The first kappa shape index (κ1) is 10.0. The van der Waals surface area contributed by atoms with Crippen molar-refractivity contribution in [3.63, 3.8) is 0 Å². The molecule has 0 saturated carbocycles. The predicted molar refractivity (Wildman–Crippen MR) is 53.4 cm³/mol. The molecular weight excluding hydrogens is 148 g/mol. The Labute approximate surface area is 76.3 Å². The molecule has 1 aliphatic heterocycles. The van der Waals surface area contributed by atoms with Crippen molar-refractivity contribution in [2.24, 2.45) is 0 Å². The van der Waals surface area contributed by atoms with E-state index in [0.29, 0.717) is 6.04 Å². The van der Waals surface area contributed by atoms with Crippen LogP contribution in [0.2, 0.25) is 0 Å². The molecule has 0 spiro atoms. The number of hydrogen-bond donors (Lipinski definition) is 1. The molecule has 1 heterocycles. The molecule has 0 bridgehead atoms. The topological polar surface area (TPSA) is 15.3 Å². The summed E-state index contributed by atoms with van der Waals surface area (Å²) in [6, 6.07) is 0.688. The predicted octanol–water partition coefficient (Wildman–Crippen LogP) is 1.47. The van der Waals surface area contributed by atoms with Crippen molar-refractivity contribution < 1.29 is 0 Å². The molecule has 2 heteroatoms. The molecule has 1 rings (SSSR count). The first-order chi connectivity index (χ1) is 5.83. The SMILES string of the molecule is CNC(C)CCCN1CCCC1. The summed E-state index contributed by atoms with van der Waals surface area (Å²) in [5.41, 5.74) is 0. The Morgan fingerprint density at radius 2 is 2.00 bits per heavy atom. The van der Waals surface area contributed by atoms with Crippen LogP contribution < -0.4 is 5.32 Å². The minimum atomic E-state index is 0.688. The van der Waals surface area contributed by atoms with Gasteiger partial charge in [0.25, 0.3) is 0 Å². The van der Waals surface area contributed by atoms with Gasteiger partial charge in [0.05, 0.1) is 0 Å². The van der Waals surface area contributed by atoms with Crippen LogP contribution in [0.5, 0.6) is 0 Å². The lowest BCUT2D eigenvalue weighted by Crippen LogP contribution is -2.25. The fourth-order valence-corrected chi connectivity index (χ4v) is 1.77. The molecule has 0 aromatic carbocycles. The second kappa shape index (κ2) is 5.55. The van der Waals surface area contributed by atoms with Crippen LogP contribution in [0.1, 0.15) is 32.6 Å². The highest BCUT2D eigenvalue weighted by molar-refractivity contribution is 4.67. The van der Waals surface area contributed by atoms with E-state index in [9.17, 15) is 0 Å². The zero-order chi connectivity index (χ0) is 8.81. The lowest BCUT2D eigenvalue weighted by Gasteiger charge is -2.16. The average Bonchev–Trinajstić information content (AvgIpc) is 2.57. The highest BCUT2D eigenvalue weighted by atomic mass is 15.1. The van der Waals surface area contributed by atoms with Crippen LogP contribution in [0.25, 0.3) is 0 Å². The van der Waals surface area contributed by atoms with Gasteiger partial charge in [-0.25, -0.2) is 0 Å². The van der Waals surface area contributed by atoms with Gasteiger partial charge in [-0.2, -0.15) is 0 Å². The van der Waals surface area contributed by atoms with E-state index in [2.05, 4.69) is 17.1 Å². The first-order valence-corrected chi connectivity index (χ1v) is 5.22. The summed E-state index contributed by atoms with van der Waals surface area (Å²) in [6.07, 6.45) is 5.50. The molecule has 0 amide bonds. The molecule has 0 aliphatic carbocycles. The molecule has 2 nitrogen and oxygen atoms in total. The summed E-state index contributed by atoms with van der Waals surface area (Å²) >= 11 is 0. The molecule has 12 heavy (non-hydrogen) atoms. The molecule has 0 aromatic rings. The van der Waals surface area contributed by atoms with Gasteiger partial charge in [0.2, 0.25) is 0 Å². The van der Waals surface area contributed by atoms with Gasteiger partial charge in [0, 0.05) is 6.04 Å². The minimum absolute atomic E-state index is 0.688. The van der Waals surface area contributed by atoms with Crippen LogP contribution in [0.15, 0.2) is 0 Å². The summed E-state index contributed by atoms with van der Waals surface area (Å²) in [6.45, 7) is 6.25. The molecule has 1 fully saturated rings. The summed E-state index contributed by atoms with van der Waals surface area (Å²) in [7, 11) is 2.04. The molecule has 72 valence electrons. The summed E-state index contributed by atoms with van der Waals surface area (Å²) in [5, 5.41) is 3.27. The van der Waals surface area contributed by atoms with Gasteiger partial charge in [-0.3, -0.25) is 0 Å². The number of rotatable bonds is 5. The largest absolute Gasteiger partial charge is 0.317 e. The molecule has 1 atom stereocenters. The van der Waals surface area contributed by atoms with Crippen LogP contribution in [0.4, 0.5) is 0 Å². The fraction of sp³-hybridized carbons (Fsp3) is 1.00. The summed E-state index contributed by atoms with van der Waals surface area (Å²) < 4.78 is 0. The van der Waals surface area contributed by atoms with E-state index >= 15 is 0 Å². The van der Waals surface area contributed by atoms with Crippen LogP contribution in [-0.2, 0) is 0 Å². The third-order valence-corrected chi connectivity index (χ3v) is 2.80. The van der Waals surface area contributed by atoms with Gasteiger partial charge < -0.3 is 10.2 Å². The Bertz CT molecular complexity index is 108. The minimum Gasteiger partial charge on any atom is -0.317 e. The highest BCUT2D eigenvalue weighted by Gasteiger charge is 2.10. The van der Waals surface area contributed by atoms with Gasteiger partial charge in [0.1, 0.15) is 0 Å². The smallest absolute Gasteiger partial charge is 0.00362 e. The maximum absolute atomic E-state index is 3.27. The molecule has 1 aliphatic rings. The Hall–Kier alpha value is -0.0800. The van der Waals surface area contributed by atoms with Gasteiger partial charge in [-0.05, 0) is 59.3 Å². The van der Waals surface area contributed by atoms with E-state index in [1.807, 2.05) is 7.05 Å². The maximum Gasteiger partial charge on any atom is 0.00362 e. The zero-order valence-corrected chi connectivity index (χ0v) is 8.47. The standard InChI is InChI=1S/C10H22N2/c1-10(11-2)6-5-9-12-7-3-4-8-12/h10-11H,3-9H2,1-2H3. The van der Waals surface area contributed by atoms with E-state index in [-0.39, 0.29) is 0 Å². The average molecular weight is 170 g/mol. The molecular formula is C10H22N2. The maximum atomic E-state index is 3.27. The Morgan fingerprint density at radius 3 is 2.58 bits per heavy atom. The van der Waals surface area contributed by atoms with Crippen molar-refractivity contribution in [1.29, 1.82) is 0 Å². The van der Waals surface area contributed by atoms with Crippen LogP contribution in [-0.4, -0.2) is 37.6 Å². The van der Waals surface area contributed by atoms with Crippen LogP contribution in [0, 0.1) is 0 Å². The number of nitrogens with one attached hydrogen (secondary N) is 1. The third-order valence-electron chi connectivity index (χ3n) is 2.80. The highest BCUT2D eigenvalue weighted by Crippen LogP contribution is 2.08. The fourth-order valence-electron chi connectivity index (χ4n) is 1.77. The van der Waals surface area contributed by atoms with E-state index in [1.165, 1.54) is 45.3 Å². The molecule has 0 radical (unpaired) electrons. The second-order valence-corrected chi connectivity index (χ2v) is 3.88. The van der Waals surface area contributed by atoms with Crippen molar-refractivity contribution in [1.82, 2.24) is 10.2 Å². The Kier molecular flexibility index (Phi) is 4.62. The van der Waals surface area contributed by atoms with Crippen molar-refractivity contribution in [3.05, 3.63) is 0 Å². The summed E-state index contributed by atoms with van der Waals surface area (Å²) in [4.78, 5) is 2.59. The number of nitrogens with zero attached hydrogens (tertiary/aromatic N) is 1. The van der Waals surface area contributed by atoms with Crippen molar-refractivity contribution in [2.45, 2.75) is 38.6 Å². The normalized spacial score (nSPS) is 21.5. The number of likely N-dealkylation sites (tertiary alicyclic amines) is 1. The van der Waals surface area contributed by atoms with Crippen molar-refractivity contribution in [3.8, 4) is 0 Å². The quantitative estimate of drug-likeness (QED) is 0.672. The van der Waals surface area contributed by atoms with Gasteiger partial charge in [-0.1, -0.05) is 0 Å². The monoisotopic (exact) mass is 170 g/mol. The molecule has 1 unspecified atom stereocenters. The van der Waals surface area contributed by atoms with E-state index in [4.69, 9.17) is 0 Å². The third kappa shape index (κ3) is 3.55. The van der Waals surface area contributed by atoms with Crippen LogP contribution in [0.3, 0.4) is 0 Å². The van der Waals surface area contributed by atoms with E-state index in [1.54, 1.807) is 0 Å². The first-order valence-electron chi connectivity index (χ1n) is 5.22. The lowest BCUT2D eigenvalue weighted by atomic mass is 10.2. The van der Waals surface area contributed by atoms with Gasteiger partial charge in [0.15, 0.2) is 0 Å². The van der Waals surface area contributed by atoms with Gasteiger partial charge in [-0.15, -0.1) is 0 Å².